The number of aromatic nitrogens is 3. The molecule has 0 unspecified atom stereocenters. The van der Waals surface area contributed by atoms with Crippen molar-refractivity contribution in [2.24, 2.45) is 0 Å². The fourth-order valence-corrected chi connectivity index (χ4v) is 1.73. The predicted molar refractivity (Wildman–Crippen MR) is 55.6 cm³/mol. The first kappa shape index (κ1) is 9.45. The molecule has 0 amide bonds. The van der Waals surface area contributed by atoms with Crippen LogP contribution in [0.15, 0.2) is 0 Å². The smallest absolute Gasteiger partial charge is 0.174 e. The van der Waals surface area contributed by atoms with Crippen molar-refractivity contribution in [2.45, 2.75) is 19.8 Å². The fourth-order valence-electron chi connectivity index (χ4n) is 1.73. The van der Waals surface area contributed by atoms with Gasteiger partial charge in [-0.25, -0.2) is 0 Å². The Bertz CT molecular complexity index is 287. The first-order valence-corrected chi connectivity index (χ1v) is 5.15. The minimum atomic E-state index is 0.429. The van der Waals surface area contributed by atoms with E-state index in [1.54, 1.807) is 0 Å². The molecule has 0 radical (unpaired) electrons. The van der Waals surface area contributed by atoms with E-state index in [0.717, 1.165) is 37.7 Å². The van der Waals surface area contributed by atoms with Gasteiger partial charge in [-0.15, -0.1) is 5.10 Å². The summed E-state index contributed by atoms with van der Waals surface area (Å²) in [5.74, 6) is 1.46. The van der Waals surface area contributed by atoms with E-state index in [4.69, 9.17) is 0 Å². The number of piperazine rings is 1. The number of hydrogen-bond donors (Lipinski definition) is 2. The highest BCUT2D eigenvalue weighted by molar-refractivity contribution is 5.44. The van der Waals surface area contributed by atoms with Crippen LogP contribution < -0.4 is 10.2 Å². The number of nitrogens with zero attached hydrogens (tertiary/aromatic N) is 3. The number of H-pyrrole nitrogens is 1. The van der Waals surface area contributed by atoms with Crippen molar-refractivity contribution in [1.82, 2.24) is 20.7 Å². The van der Waals surface area contributed by atoms with Crippen LogP contribution in [0.4, 0.5) is 5.82 Å². The summed E-state index contributed by atoms with van der Waals surface area (Å²) in [7, 11) is 0. The van der Waals surface area contributed by atoms with Crippen LogP contribution in [-0.2, 0) is 0 Å². The lowest BCUT2D eigenvalue weighted by Crippen LogP contribution is -2.44. The van der Waals surface area contributed by atoms with Crippen molar-refractivity contribution in [3.8, 4) is 0 Å². The molecule has 1 aliphatic rings. The molecule has 1 aliphatic heterocycles. The van der Waals surface area contributed by atoms with E-state index >= 15 is 0 Å². The van der Waals surface area contributed by atoms with E-state index in [2.05, 4.69) is 39.5 Å². The van der Waals surface area contributed by atoms with E-state index in [-0.39, 0.29) is 0 Å². The Balaban J connectivity index is 2.17. The number of anilines is 1. The summed E-state index contributed by atoms with van der Waals surface area (Å²) in [5, 5.41) is 14.5. The molecule has 1 aromatic heterocycles. The monoisotopic (exact) mass is 195 g/mol. The van der Waals surface area contributed by atoms with Crippen molar-refractivity contribution in [1.29, 1.82) is 0 Å². The van der Waals surface area contributed by atoms with Gasteiger partial charge in [0, 0.05) is 32.1 Å². The van der Waals surface area contributed by atoms with Gasteiger partial charge in [-0.2, -0.15) is 10.3 Å². The minimum absolute atomic E-state index is 0.429. The number of rotatable bonds is 2. The zero-order chi connectivity index (χ0) is 9.97. The average Bonchev–Trinajstić information content (AvgIpc) is 2.67. The van der Waals surface area contributed by atoms with Gasteiger partial charge in [0.05, 0.1) is 0 Å². The summed E-state index contributed by atoms with van der Waals surface area (Å²) in [6.45, 7) is 8.39. The molecule has 0 atom stereocenters. The van der Waals surface area contributed by atoms with Crippen LogP contribution in [0.5, 0.6) is 0 Å². The second-order valence-electron chi connectivity index (χ2n) is 3.92. The van der Waals surface area contributed by atoms with Gasteiger partial charge in [0.15, 0.2) is 5.82 Å². The Morgan fingerprint density at radius 1 is 1.21 bits per heavy atom. The molecule has 0 spiro atoms. The second kappa shape index (κ2) is 3.96. The second-order valence-corrected chi connectivity index (χ2v) is 3.92. The molecule has 0 bridgehead atoms. The SMILES string of the molecule is CC(C)c1n[nH]nc1N1CCNCC1. The number of hydrogen-bond acceptors (Lipinski definition) is 4. The highest BCUT2D eigenvalue weighted by Gasteiger charge is 2.19. The molecular weight excluding hydrogens is 178 g/mol. The maximum atomic E-state index is 4.22. The Kier molecular flexibility index (Phi) is 2.67. The maximum absolute atomic E-state index is 4.22. The molecule has 1 fully saturated rings. The molecule has 5 heteroatoms. The normalized spacial score (nSPS) is 17.8. The Labute approximate surface area is 83.9 Å². The molecule has 0 aliphatic carbocycles. The standard InChI is InChI=1S/C9H17N5/c1-7(2)8-9(12-13-11-8)14-5-3-10-4-6-14/h7,10H,3-6H2,1-2H3,(H,11,12,13). The first-order chi connectivity index (χ1) is 6.79. The van der Waals surface area contributed by atoms with Crippen molar-refractivity contribution < 1.29 is 0 Å². The number of aromatic amines is 1. The van der Waals surface area contributed by atoms with Gasteiger partial charge in [-0.05, 0) is 0 Å². The molecule has 1 aromatic rings. The summed E-state index contributed by atoms with van der Waals surface area (Å²) < 4.78 is 0. The molecule has 0 aromatic carbocycles. The van der Waals surface area contributed by atoms with E-state index < -0.39 is 0 Å². The van der Waals surface area contributed by atoms with Crippen LogP contribution in [0, 0.1) is 0 Å². The van der Waals surface area contributed by atoms with Crippen LogP contribution in [0.2, 0.25) is 0 Å². The fraction of sp³-hybridized carbons (Fsp3) is 0.778. The van der Waals surface area contributed by atoms with E-state index in [0.29, 0.717) is 5.92 Å². The molecule has 5 nitrogen and oxygen atoms in total. The Morgan fingerprint density at radius 2 is 1.93 bits per heavy atom. The summed E-state index contributed by atoms with van der Waals surface area (Å²) in [4.78, 5) is 2.29. The lowest BCUT2D eigenvalue weighted by atomic mass is 10.1. The number of nitrogens with one attached hydrogen (secondary N) is 2. The molecule has 14 heavy (non-hydrogen) atoms. The highest BCUT2D eigenvalue weighted by atomic mass is 15.4. The summed E-state index contributed by atoms with van der Waals surface area (Å²) >= 11 is 0. The van der Waals surface area contributed by atoms with Gasteiger partial charge in [0.1, 0.15) is 5.69 Å². The molecule has 2 rings (SSSR count). The third kappa shape index (κ3) is 1.72. The molecule has 2 heterocycles. The molecular formula is C9H17N5. The van der Waals surface area contributed by atoms with E-state index in [9.17, 15) is 0 Å². The zero-order valence-corrected chi connectivity index (χ0v) is 8.75. The third-order valence-corrected chi connectivity index (χ3v) is 2.52. The van der Waals surface area contributed by atoms with Crippen molar-refractivity contribution >= 4 is 5.82 Å². The quantitative estimate of drug-likeness (QED) is 0.714. The minimum Gasteiger partial charge on any atom is -0.351 e. The van der Waals surface area contributed by atoms with Crippen molar-refractivity contribution in [3.63, 3.8) is 0 Å². The van der Waals surface area contributed by atoms with Crippen molar-refractivity contribution in [2.75, 3.05) is 31.1 Å². The predicted octanol–water partition coefficient (Wildman–Crippen LogP) is 0.338. The zero-order valence-electron chi connectivity index (χ0n) is 8.75. The van der Waals surface area contributed by atoms with Gasteiger partial charge in [0.2, 0.25) is 0 Å². The maximum Gasteiger partial charge on any atom is 0.174 e. The van der Waals surface area contributed by atoms with E-state index in [1.807, 2.05) is 0 Å². The first-order valence-electron chi connectivity index (χ1n) is 5.15. The van der Waals surface area contributed by atoms with Gasteiger partial charge in [-0.1, -0.05) is 13.8 Å². The Morgan fingerprint density at radius 3 is 2.57 bits per heavy atom. The summed E-state index contributed by atoms with van der Waals surface area (Å²) in [6.07, 6.45) is 0. The summed E-state index contributed by atoms with van der Waals surface area (Å²) in [6, 6.07) is 0. The van der Waals surface area contributed by atoms with Gasteiger partial charge in [0.25, 0.3) is 0 Å². The van der Waals surface area contributed by atoms with Crippen LogP contribution in [0.25, 0.3) is 0 Å². The lowest BCUT2D eigenvalue weighted by molar-refractivity contribution is 0.582. The van der Waals surface area contributed by atoms with Crippen LogP contribution in [0.3, 0.4) is 0 Å². The molecule has 78 valence electrons. The van der Waals surface area contributed by atoms with Gasteiger partial charge < -0.3 is 10.2 Å². The van der Waals surface area contributed by atoms with Crippen LogP contribution >= 0.6 is 0 Å². The molecule has 1 saturated heterocycles. The molecule has 2 N–H and O–H groups in total. The van der Waals surface area contributed by atoms with Gasteiger partial charge in [-0.3, -0.25) is 0 Å². The Hall–Kier alpha value is -1.10. The molecule has 0 saturated carbocycles. The lowest BCUT2D eigenvalue weighted by Gasteiger charge is -2.28. The topological polar surface area (TPSA) is 56.8 Å². The average molecular weight is 195 g/mol. The third-order valence-electron chi connectivity index (χ3n) is 2.52. The van der Waals surface area contributed by atoms with Crippen LogP contribution in [-0.4, -0.2) is 41.6 Å². The summed E-state index contributed by atoms with van der Waals surface area (Å²) in [5.41, 5.74) is 1.08. The van der Waals surface area contributed by atoms with Crippen molar-refractivity contribution in [3.05, 3.63) is 5.69 Å². The largest absolute Gasteiger partial charge is 0.351 e. The van der Waals surface area contributed by atoms with Crippen LogP contribution in [0.1, 0.15) is 25.5 Å². The highest BCUT2D eigenvalue weighted by Crippen LogP contribution is 2.22. The van der Waals surface area contributed by atoms with Gasteiger partial charge >= 0.3 is 0 Å². The van der Waals surface area contributed by atoms with E-state index in [1.165, 1.54) is 0 Å².